The number of hydrogen-bond acceptors (Lipinski definition) is 5. The minimum absolute atomic E-state index is 0.293. The van der Waals surface area contributed by atoms with Crippen LogP contribution >= 0.6 is 0 Å². The van der Waals surface area contributed by atoms with Crippen LogP contribution in [-0.4, -0.2) is 23.4 Å². The maximum atomic E-state index is 5.29. The molecule has 0 spiro atoms. The first-order chi connectivity index (χ1) is 7.92. The Labute approximate surface area is 92.4 Å². The Kier molecular flexibility index (Phi) is 2.46. The van der Waals surface area contributed by atoms with E-state index in [2.05, 4.69) is 10.1 Å². The van der Waals surface area contributed by atoms with Gasteiger partial charge in [0.2, 0.25) is 5.89 Å². The summed E-state index contributed by atoms with van der Waals surface area (Å²) in [6.45, 7) is 1.49. The molecule has 0 aromatic carbocycles. The third kappa shape index (κ3) is 1.86. The van der Waals surface area contributed by atoms with Gasteiger partial charge in [0.25, 0.3) is 0 Å². The summed E-state index contributed by atoms with van der Waals surface area (Å²) >= 11 is 0. The molecule has 0 radical (unpaired) electrons. The van der Waals surface area contributed by atoms with Crippen LogP contribution in [0, 0.1) is 0 Å². The molecule has 2 aromatic rings. The molecule has 1 unspecified atom stereocenters. The van der Waals surface area contributed by atoms with Gasteiger partial charge in [-0.15, -0.1) is 0 Å². The minimum atomic E-state index is 0.293. The van der Waals surface area contributed by atoms with Crippen LogP contribution in [0.25, 0.3) is 0 Å². The molecule has 1 saturated heterocycles. The van der Waals surface area contributed by atoms with E-state index in [4.69, 9.17) is 13.7 Å². The highest BCUT2D eigenvalue weighted by molar-refractivity contribution is 5.11. The molecule has 3 rings (SSSR count). The van der Waals surface area contributed by atoms with Crippen molar-refractivity contribution in [2.24, 2.45) is 0 Å². The second-order valence-corrected chi connectivity index (χ2v) is 3.92. The zero-order valence-electron chi connectivity index (χ0n) is 8.76. The molecule has 84 valence electrons. The second kappa shape index (κ2) is 4.09. The van der Waals surface area contributed by atoms with Crippen LogP contribution in [0.5, 0.6) is 0 Å². The molecule has 5 heteroatoms. The van der Waals surface area contributed by atoms with Gasteiger partial charge in [0.15, 0.2) is 5.82 Å². The zero-order chi connectivity index (χ0) is 10.8. The lowest BCUT2D eigenvalue weighted by Crippen LogP contribution is -2.00. The van der Waals surface area contributed by atoms with Crippen LogP contribution in [-0.2, 0) is 11.2 Å². The van der Waals surface area contributed by atoms with Crippen LogP contribution in [0.2, 0.25) is 0 Å². The van der Waals surface area contributed by atoms with Crippen LogP contribution in [0.3, 0.4) is 0 Å². The topological polar surface area (TPSA) is 61.3 Å². The zero-order valence-corrected chi connectivity index (χ0v) is 8.76. The van der Waals surface area contributed by atoms with Gasteiger partial charge in [0, 0.05) is 12.5 Å². The normalized spacial score (nSPS) is 20.4. The summed E-state index contributed by atoms with van der Waals surface area (Å²) in [5.41, 5.74) is 1.04. The van der Waals surface area contributed by atoms with Gasteiger partial charge in [-0.25, -0.2) is 0 Å². The Hall–Kier alpha value is -1.62. The standard InChI is InChI=1S/C11H12N2O3/c1-3-14-6-8(1)5-10-12-11(13-16-10)9-2-4-15-7-9/h1,3,6,9H,2,4-5,7H2. The van der Waals surface area contributed by atoms with Crippen LogP contribution in [0.1, 0.15) is 29.6 Å². The number of rotatable bonds is 3. The number of aromatic nitrogens is 2. The Bertz CT molecular complexity index is 444. The molecule has 0 saturated carbocycles. The van der Waals surface area contributed by atoms with Gasteiger partial charge in [-0.1, -0.05) is 5.16 Å². The van der Waals surface area contributed by atoms with E-state index in [0.717, 1.165) is 24.4 Å². The molecular weight excluding hydrogens is 208 g/mol. The molecular formula is C11H12N2O3. The number of hydrogen-bond donors (Lipinski definition) is 0. The van der Waals surface area contributed by atoms with Crippen molar-refractivity contribution in [1.29, 1.82) is 0 Å². The SMILES string of the molecule is c1cc(Cc2nc(C3CCOC3)no2)co1. The lowest BCUT2D eigenvalue weighted by Gasteiger charge is -1.97. The van der Waals surface area contributed by atoms with Crippen molar-refractivity contribution >= 4 is 0 Å². The lowest BCUT2D eigenvalue weighted by atomic mass is 10.1. The molecule has 1 aliphatic heterocycles. The number of ether oxygens (including phenoxy) is 1. The smallest absolute Gasteiger partial charge is 0.231 e. The van der Waals surface area contributed by atoms with Crippen LogP contribution < -0.4 is 0 Å². The summed E-state index contributed by atoms with van der Waals surface area (Å²) in [7, 11) is 0. The van der Waals surface area contributed by atoms with E-state index in [-0.39, 0.29) is 0 Å². The predicted molar refractivity (Wildman–Crippen MR) is 54.0 cm³/mol. The molecule has 0 aliphatic carbocycles. The molecule has 2 aromatic heterocycles. The maximum absolute atomic E-state index is 5.29. The fourth-order valence-electron chi connectivity index (χ4n) is 1.81. The lowest BCUT2D eigenvalue weighted by molar-refractivity contribution is 0.192. The molecule has 5 nitrogen and oxygen atoms in total. The van der Waals surface area contributed by atoms with Gasteiger partial charge in [0.1, 0.15) is 0 Å². The first kappa shape index (κ1) is 9.59. The average molecular weight is 220 g/mol. The molecule has 0 amide bonds. The summed E-state index contributed by atoms with van der Waals surface area (Å²) in [6.07, 6.45) is 4.92. The van der Waals surface area contributed by atoms with Gasteiger partial charge in [-0.2, -0.15) is 4.98 Å². The first-order valence-electron chi connectivity index (χ1n) is 5.33. The molecule has 1 atom stereocenters. The van der Waals surface area contributed by atoms with Gasteiger partial charge < -0.3 is 13.7 Å². The number of furan rings is 1. The fourth-order valence-corrected chi connectivity index (χ4v) is 1.81. The van der Waals surface area contributed by atoms with Crippen molar-refractivity contribution in [3.05, 3.63) is 35.9 Å². The Morgan fingerprint density at radius 2 is 2.44 bits per heavy atom. The molecule has 1 fully saturated rings. The minimum Gasteiger partial charge on any atom is -0.472 e. The van der Waals surface area contributed by atoms with Crippen LogP contribution in [0.4, 0.5) is 0 Å². The van der Waals surface area contributed by atoms with E-state index >= 15 is 0 Å². The largest absolute Gasteiger partial charge is 0.472 e. The van der Waals surface area contributed by atoms with Gasteiger partial charge in [-0.05, 0) is 18.1 Å². The third-order valence-corrected chi connectivity index (χ3v) is 2.71. The predicted octanol–water partition coefficient (Wildman–Crippen LogP) is 1.76. The summed E-state index contributed by atoms with van der Waals surface area (Å²) in [5.74, 6) is 1.68. The van der Waals surface area contributed by atoms with E-state index in [9.17, 15) is 0 Å². The summed E-state index contributed by atoms with van der Waals surface area (Å²) in [5, 5.41) is 3.98. The Morgan fingerprint density at radius 1 is 1.44 bits per heavy atom. The molecule has 0 N–H and O–H groups in total. The third-order valence-electron chi connectivity index (χ3n) is 2.71. The van der Waals surface area contributed by atoms with Crippen molar-refractivity contribution < 1.29 is 13.7 Å². The first-order valence-corrected chi connectivity index (χ1v) is 5.33. The highest BCUT2D eigenvalue weighted by Crippen LogP contribution is 2.22. The van der Waals surface area contributed by atoms with Crippen molar-refractivity contribution in [2.75, 3.05) is 13.2 Å². The highest BCUT2D eigenvalue weighted by atomic mass is 16.5. The van der Waals surface area contributed by atoms with Crippen molar-refractivity contribution in [3.8, 4) is 0 Å². The highest BCUT2D eigenvalue weighted by Gasteiger charge is 2.23. The molecule has 16 heavy (non-hydrogen) atoms. The Morgan fingerprint density at radius 3 is 3.19 bits per heavy atom. The van der Waals surface area contributed by atoms with Crippen molar-refractivity contribution in [1.82, 2.24) is 10.1 Å². The van der Waals surface area contributed by atoms with Gasteiger partial charge in [0.05, 0.1) is 25.6 Å². The molecule has 1 aliphatic rings. The van der Waals surface area contributed by atoms with Crippen molar-refractivity contribution in [2.45, 2.75) is 18.8 Å². The van der Waals surface area contributed by atoms with Crippen LogP contribution in [0.15, 0.2) is 27.5 Å². The maximum Gasteiger partial charge on any atom is 0.231 e. The quantitative estimate of drug-likeness (QED) is 0.788. The average Bonchev–Trinajstić information content (AvgIpc) is 2.99. The van der Waals surface area contributed by atoms with E-state index in [1.807, 2.05) is 6.07 Å². The van der Waals surface area contributed by atoms with Gasteiger partial charge >= 0.3 is 0 Å². The fraction of sp³-hybridized carbons (Fsp3) is 0.455. The second-order valence-electron chi connectivity index (χ2n) is 3.92. The van der Waals surface area contributed by atoms with Gasteiger partial charge in [-0.3, -0.25) is 0 Å². The Balaban J connectivity index is 1.72. The number of nitrogens with zero attached hydrogens (tertiary/aromatic N) is 2. The van der Waals surface area contributed by atoms with Crippen molar-refractivity contribution in [3.63, 3.8) is 0 Å². The molecule has 0 bridgehead atoms. The van der Waals surface area contributed by atoms with E-state index < -0.39 is 0 Å². The summed E-state index contributed by atoms with van der Waals surface area (Å²) < 4.78 is 15.5. The molecule has 3 heterocycles. The van der Waals surface area contributed by atoms with E-state index in [0.29, 0.717) is 24.8 Å². The summed E-state index contributed by atoms with van der Waals surface area (Å²) in [4.78, 5) is 4.37. The monoisotopic (exact) mass is 220 g/mol. The van der Waals surface area contributed by atoms with E-state index in [1.165, 1.54) is 0 Å². The van der Waals surface area contributed by atoms with E-state index in [1.54, 1.807) is 12.5 Å². The summed E-state index contributed by atoms with van der Waals surface area (Å²) in [6, 6.07) is 1.89.